The van der Waals surface area contributed by atoms with Crippen LogP contribution in [-0.2, 0) is 14.4 Å². The molecule has 5 aliphatic rings. The van der Waals surface area contributed by atoms with E-state index in [4.69, 9.17) is 0 Å². The molecule has 4 saturated carbocycles. The SMILES string of the molecule is CC(C)[C@@H](NC(=O)[C@]12CCC(C)(C)C[C@@H]1C1=CC[C@@H]3[C@@]4(C)CCC(=O)C(C)(C)[C@@H]4CC[C@@]3(C)[C@]1(C)CC2)C(=O)O. The molecule has 0 aliphatic heterocycles. The minimum absolute atomic E-state index is 0.00160. The molecular weight excluding hydrogens is 498 g/mol. The fourth-order valence-corrected chi connectivity index (χ4v) is 11.2. The number of aliphatic carboxylic acids is 1. The van der Waals surface area contributed by atoms with Crippen molar-refractivity contribution >= 4 is 17.7 Å². The fraction of sp³-hybridized carbons (Fsp3) is 0.857. The molecule has 0 saturated heterocycles. The summed E-state index contributed by atoms with van der Waals surface area (Å²) in [5, 5.41) is 12.9. The Hall–Kier alpha value is -1.65. The van der Waals surface area contributed by atoms with Gasteiger partial charge < -0.3 is 10.4 Å². The number of Topliss-reactive ketones (excluding diaryl/α,β-unsaturated/α-hetero) is 1. The van der Waals surface area contributed by atoms with E-state index < -0.39 is 17.4 Å². The first-order chi connectivity index (χ1) is 18.4. The average Bonchev–Trinajstić information content (AvgIpc) is 2.84. The van der Waals surface area contributed by atoms with Crippen LogP contribution >= 0.6 is 0 Å². The summed E-state index contributed by atoms with van der Waals surface area (Å²) >= 11 is 0. The number of carboxylic acid groups (broad SMARTS) is 1. The number of hydrogen-bond acceptors (Lipinski definition) is 3. The lowest BCUT2D eigenvalue weighted by Gasteiger charge is -2.70. The Morgan fingerprint density at radius 1 is 0.925 bits per heavy atom. The first-order valence-electron chi connectivity index (χ1n) is 16.1. The third-order valence-corrected chi connectivity index (χ3v) is 14.1. The van der Waals surface area contributed by atoms with Gasteiger partial charge in [-0.25, -0.2) is 4.79 Å². The van der Waals surface area contributed by atoms with Gasteiger partial charge >= 0.3 is 5.97 Å². The molecule has 1 amide bonds. The van der Waals surface area contributed by atoms with Crippen molar-refractivity contribution in [3.63, 3.8) is 0 Å². The van der Waals surface area contributed by atoms with E-state index in [0.29, 0.717) is 24.0 Å². The van der Waals surface area contributed by atoms with Crippen molar-refractivity contribution in [1.82, 2.24) is 5.32 Å². The Balaban J connectivity index is 1.56. The zero-order valence-corrected chi connectivity index (χ0v) is 26.7. The molecule has 0 aromatic heterocycles. The van der Waals surface area contributed by atoms with Crippen LogP contribution in [0.4, 0.5) is 0 Å². The largest absolute Gasteiger partial charge is 0.480 e. The van der Waals surface area contributed by atoms with Gasteiger partial charge in [0.2, 0.25) is 5.91 Å². The zero-order chi connectivity index (χ0) is 29.7. The molecule has 2 N–H and O–H groups in total. The first-order valence-corrected chi connectivity index (χ1v) is 16.1. The van der Waals surface area contributed by atoms with Gasteiger partial charge in [-0.2, -0.15) is 0 Å². The number of allylic oxidation sites excluding steroid dienone is 2. The molecule has 5 rings (SSSR count). The number of carbonyl (C=O) groups excluding carboxylic acids is 2. The van der Waals surface area contributed by atoms with Crippen molar-refractivity contribution in [1.29, 1.82) is 0 Å². The van der Waals surface area contributed by atoms with Crippen LogP contribution < -0.4 is 5.32 Å². The number of nitrogens with one attached hydrogen (secondary N) is 1. The van der Waals surface area contributed by atoms with Crippen LogP contribution in [0.1, 0.15) is 127 Å². The van der Waals surface area contributed by atoms with Gasteiger partial charge in [-0.05, 0) is 103 Å². The summed E-state index contributed by atoms with van der Waals surface area (Å²) in [5.74, 6) is 0.382. The lowest BCUT2D eigenvalue weighted by molar-refractivity contribution is -0.186. The Kier molecular flexibility index (Phi) is 6.84. The van der Waals surface area contributed by atoms with Crippen molar-refractivity contribution in [2.24, 2.45) is 56.2 Å². The van der Waals surface area contributed by atoms with Gasteiger partial charge in [0.1, 0.15) is 11.8 Å². The maximum Gasteiger partial charge on any atom is 0.326 e. The number of fused-ring (bicyclic) bond motifs is 7. The highest BCUT2D eigenvalue weighted by Crippen LogP contribution is 2.75. The minimum atomic E-state index is -0.945. The fourth-order valence-electron chi connectivity index (χ4n) is 11.2. The molecule has 0 spiro atoms. The van der Waals surface area contributed by atoms with Crippen LogP contribution in [0.25, 0.3) is 0 Å². The van der Waals surface area contributed by atoms with Gasteiger partial charge in [0.25, 0.3) is 0 Å². The predicted octanol–water partition coefficient (Wildman–Crippen LogP) is 7.58. The summed E-state index contributed by atoms with van der Waals surface area (Å²) < 4.78 is 0. The summed E-state index contributed by atoms with van der Waals surface area (Å²) in [7, 11) is 0. The van der Waals surface area contributed by atoms with E-state index in [1.54, 1.807) is 0 Å². The Bertz CT molecular complexity index is 1130. The molecule has 0 radical (unpaired) electrons. The van der Waals surface area contributed by atoms with E-state index in [1.165, 1.54) is 5.57 Å². The summed E-state index contributed by atoms with van der Waals surface area (Å²) in [6.45, 7) is 20.4. The van der Waals surface area contributed by atoms with Crippen molar-refractivity contribution in [2.45, 2.75) is 133 Å². The molecule has 0 aromatic rings. The normalized spacial score (nSPS) is 44.3. The average molecular weight is 554 g/mol. The molecule has 0 bridgehead atoms. The molecule has 40 heavy (non-hydrogen) atoms. The third-order valence-electron chi connectivity index (χ3n) is 14.1. The molecule has 8 atom stereocenters. The van der Waals surface area contributed by atoms with Crippen molar-refractivity contribution in [2.75, 3.05) is 0 Å². The lowest BCUT2D eigenvalue weighted by Crippen LogP contribution is -2.65. The molecule has 0 heterocycles. The van der Waals surface area contributed by atoms with Crippen molar-refractivity contribution in [3.8, 4) is 0 Å². The number of carbonyl (C=O) groups is 3. The van der Waals surface area contributed by atoms with Gasteiger partial charge in [-0.15, -0.1) is 0 Å². The number of ketones is 1. The quantitative estimate of drug-likeness (QED) is 0.352. The van der Waals surface area contributed by atoms with Crippen LogP contribution in [0.5, 0.6) is 0 Å². The monoisotopic (exact) mass is 553 g/mol. The summed E-state index contributed by atoms with van der Waals surface area (Å²) in [4.78, 5) is 39.3. The van der Waals surface area contributed by atoms with Gasteiger partial charge in [0.15, 0.2) is 0 Å². The summed E-state index contributed by atoms with van der Waals surface area (Å²) in [5.41, 5.74) is 1.10. The highest BCUT2D eigenvalue weighted by molar-refractivity contribution is 5.88. The third kappa shape index (κ3) is 3.94. The van der Waals surface area contributed by atoms with E-state index in [2.05, 4.69) is 59.9 Å². The minimum Gasteiger partial charge on any atom is -0.480 e. The highest BCUT2D eigenvalue weighted by Gasteiger charge is 2.69. The Morgan fingerprint density at radius 3 is 2.20 bits per heavy atom. The molecule has 224 valence electrons. The molecule has 5 aliphatic carbocycles. The second kappa shape index (κ2) is 9.17. The van der Waals surface area contributed by atoms with Gasteiger partial charge in [-0.1, -0.05) is 74.0 Å². The van der Waals surface area contributed by atoms with E-state index in [1.807, 2.05) is 13.8 Å². The van der Waals surface area contributed by atoms with E-state index >= 15 is 0 Å². The summed E-state index contributed by atoms with van der Waals surface area (Å²) in [6, 6.07) is -0.861. The standard InChI is InChI=1S/C35H55NO4/c1-21(2)27(28(38)39)36-29(40)35-18-16-30(3,4)20-23(35)22-10-11-25-32(7)14-13-26(37)31(5,6)24(32)12-15-34(25,9)33(22,8)17-19-35/h10,21,23-25,27H,11-20H2,1-9H3,(H,36,40)(H,38,39)/t23-,24+,25-,27-,32+,33-,34-,35+/m1/s1. The molecule has 4 fully saturated rings. The Morgan fingerprint density at radius 2 is 1.57 bits per heavy atom. The van der Waals surface area contributed by atoms with E-state index in [-0.39, 0.29) is 44.8 Å². The van der Waals surface area contributed by atoms with Gasteiger partial charge in [0.05, 0.1) is 5.41 Å². The van der Waals surface area contributed by atoms with E-state index in [0.717, 1.165) is 57.8 Å². The lowest BCUT2D eigenvalue weighted by atomic mass is 9.33. The second-order valence-electron chi connectivity index (χ2n) is 17.0. The van der Waals surface area contributed by atoms with Crippen LogP contribution in [0.3, 0.4) is 0 Å². The summed E-state index contributed by atoms with van der Waals surface area (Å²) in [6.07, 6.45) is 12.1. The van der Waals surface area contributed by atoms with Crippen LogP contribution in [-0.4, -0.2) is 28.8 Å². The Labute approximate surface area is 242 Å². The second-order valence-corrected chi connectivity index (χ2v) is 17.0. The van der Waals surface area contributed by atoms with Crippen LogP contribution in [0.2, 0.25) is 0 Å². The predicted molar refractivity (Wildman–Crippen MR) is 158 cm³/mol. The smallest absolute Gasteiger partial charge is 0.326 e. The maximum absolute atomic E-state index is 14.2. The number of carboxylic acids is 1. The maximum atomic E-state index is 14.2. The van der Waals surface area contributed by atoms with Crippen molar-refractivity contribution < 1.29 is 19.5 Å². The zero-order valence-electron chi connectivity index (χ0n) is 26.7. The van der Waals surface area contributed by atoms with Crippen molar-refractivity contribution in [3.05, 3.63) is 11.6 Å². The van der Waals surface area contributed by atoms with Crippen LogP contribution in [0, 0.1) is 56.2 Å². The molecular formula is C35H55NO4. The van der Waals surface area contributed by atoms with Crippen LogP contribution in [0.15, 0.2) is 11.6 Å². The highest BCUT2D eigenvalue weighted by atomic mass is 16.4. The van der Waals surface area contributed by atoms with E-state index in [9.17, 15) is 19.5 Å². The topological polar surface area (TPSA) is 83.5 Å². The first kappa shape index (κ1) is 29.8. The molecule has 5 nitrogen and oxygen atoms in total. The molecule has 0 aromatic carbocycles. The molecule has 5 heteroatoms. The van der Waals surface area contributed by atoms with Gasteiger partial charge in [0, 0.05) is 11.8 Å². The van der Waals surface area contributed by atoms with Gasteiger partial charge in [-0.3, -0.25) is 9.59 Å². The number of hydrogen-bond donors (Lipinski definition) is 2. The molecule has 0 unspecified atom stereocenters. The number of amides is 1. The number of rotatable bonds is 4.